The van der Waals surface area contributed by atoms with Gasteiger partial charge in [0.05, 0.1) is 37.2 Å². The van der Waals surface area contributed by atoms with Gasteiger partial charge in [0.2, 0.25) is 11.8 Å². The first-order valence-corrected chi connectivity index (χ1v) is 14.0. The van der Waals surface area contributed by atoms with Crippen LogP contribution < -0.4 is 9.64 Å². The highest BCUT2D eigenvalue weighted by Crippen LogP contribution is 2.58. The minimum Gasteiger partial charge on any atom is -0.497 e. The predicted molar refractivity (Wildman–Crippen MR) is 152 cm³/mol. The van der Waals surface area contributed by atoms with Gasteiger partial charge < -0.3 is 29.3 Å². The van der Waals surface area contributed by atoms with Gasteiger partial charge in [-0.05, 0) is 43.2 Å². The molecule has 4 heterocycles. The zero-order chi connectivity index (χ0) is 28.9. The maximum absolute atomic E-state index is 14.7. The standard InChI is InChI=1S/C32H35N3O6/c1-31-15-7-17-33(2)28(37)25(31)26-29(38)35(23(20-36)19-21-9-5-4-6-10-21)27-30(39)34(18-8-16-32(26,27)41-31)22-11-13-24(40-3)14-12-22/h4-16,23,25-27,36H,17-20H2,1-3H3/t23-,25-,26+,27?,31+,32+/m1/s1. The first-order chi connectivity index (χ1) is 19.7. The summed E-state index contributed by atoms with van der Waals surface area (Å²) < 4.78 is 12.2. The second-order valence-electron chi connectivity index (χ2n) is 11.4. The third-order valence-electron chi connectivity index (χ3n) is 9.00. The summed E-state index contributed by atoms with van der Waals surface area (Å²) in [6, 6.07) is 14.9. The summed E-state index contributed by atoms with van der Waals surface area (Å²) in [5.74, 6) is -1.99. The Labute approximate surface area is 239 Å². The highest BCUT2D eigenvalue weighted by molar-refractivity contribution is 6.06. The number of anilines is 1. The van der Waals surface area contributed by atoms with E-state index < -0.39 is 35.1 Å². The average molecular weight is 558 g/mol. The fourth-order valence-corrected chi connectivity index (χ4v) is 7.11. The quantitative estimate of drug-likeness (QED) is 0.547. The lowest BCUT2D eigenvalue weighted by Gasteiger charge is -2.40. The van der Waals surface area contributed by atoms with Gasteiger partial charge >= 0.3 is 0 Å². The summed E-state index contributed by atoms with van der Waals surface area (Å²) in [6.07, 6.45) is 7.75. The number of benzene rings is 2. The molecule has 6 rings (SSSR count). The normalized spacial score (nSPS) is 31.5. The van der Waals surface area contributed by atoms with Crippen LogP contribution in [0.1, 0.15) is 12.5 Å². The number of rotatable bonds is 6. The van der Waals surface area contributed by atoms with Gasteiger partial charge in [-0.1, -0.05) is 54.6 Å². The van der Waals surface area contributed by atoms with Crippen molar-refractivity contribution in [2.45, 2.75) is 36.6 Å². The van der Waals surface area contributed by atoms with Crippen LogP contribution in [0.15, 0.2) is 78.9 Å². The number of ether oxygens (including phenoxy) is 2. The number of likely N-dealkylation sites (tertiary alicyclic amines) is 1. The smallest absolute Gasteiger partial charge is 0.253 e. The molecule has 3 amide bonds. The van der Waals surface area contributed by atoms with E-state index >= 15 is 0 Å². The van der Waals surface area contributed by atoms with Gasteiger partial charge in [0.25, 0.3) is 5.91 Å². The summed E-state index contributed by atoms with van der Waals surface area (Å²) in [5, 5.41) is 10.7. The third-order valence-corrected chi connectivity index (χ3v) is 9.00. The van der Waals surface area contributed by atoms with Crippen LogP contribution in [0, 0.1) is 11.8 Å². The van der Waals surface area contributed by atoms with Crippen molar-refractivity contribution >= 4 is 23.4 Å². The third kappa shape index (κ3) is 4.18. The molecule has 1 N–H and O–H groups in total. The molecule has 1 unspecified atom stereocenters. The van der Waals surface area contributed by atoms with Crippen molar-refractivity contribution in [3.63, 3.8) is 0 Å². The van der Waals surface area contributed by atoms with Gasteiger partial charge in [0.15, 0.2) is 0 Å². The van der Waals surface area contributed by atoms with Crippen molar-refractivity contribution in [3.05, 3.63) is 84.5 Å². The number of methoxy groups -OCH3 is 1. The average Bonchev–Trinajstić information content (AvgIpc) is 3.26. The molecule has 2 fully saturated rings. The SMILES string of the molecule is COc1ccc(N2CC=C[C@]34O[C@@]5(C)C=CCN(C)C(=O)[C@H]5[C@H]3C(=O)N([C@@H](CO)Cc3ccccc3)C4C2=O)cc1. The van der Waals surface area contributed by atoms with Crippen LogP contribution in [-0.2, 0) is 25.5 Å². The molecule has 0 aliphatic carbocycles. The molecule has 0 bridgehead atoms. The Morgan fingerprint density at radius 3 is 2.34 bits per heavy atom. The molecule has 1 spiro atoms. The molecule has 2 aromatic rings. The van der Waals surface area contributed by atoms with Gasteiger partial charge in [-0.25, -0.2) is 0 Å². The van der Waals surface area contributed by atoms with E-state index in [0.29, 0.717) is 24.4 Å². The van der Waals surface area contributed by atoms with Crippen molar-refractivity contribution in [1.82, 2.24) is 9.80 Å². The fourth-order valence-electron chi connectivity index (χ4n) is 7.11. The number of carbonyl (C=O) groups excluding carboxylic acids is 3. The number of amides is 3. The Kier molecular flexibility index (Phi) is 6.74. The monoisotopic (exact) mass is 557 g/mol. The van der Waals surface area contributed by atoms with Gasteiger partial charge in [-0.15, -0.1) is 0 Å². The molecule has 2 saturated heterocycles. The molecule has 4 aliphatic rings. The minimum absolute atomic E-state index is 0.200. The van der Waals surface area contributed by atoms with Crippen LogP contribution in [0.2, 0.25) is 0 Å². The lowest BCUT2D eigenvalue weighted by atomic mass is 9.74. The highest BCUT2D eigenvalue weighted by Gasteiger charge is 2.75. The Bertz CT molecular complexity index is 1410. The van der Waals surface area contributed by atoms with E-state index in [9.17, 15) is 19.5 Å². The van der Waals surface area contributed by atoms with Crippen LogP contribution in [0.3, 0.4) is 0 Å². The van der Waals surface area contributed by atoms with Crippen molar-refractivity contribution in [1.29, 1.82) is 0 Å². The van der Waals surface area contributed by atoms with E-state index in [-0.39, 0.29) is 30.9 Å². The summed E-state index contributed by atoms with van der Waals surface area (Å²) in [6.45, 7) is 2.14. The maximum atomic E-state index is 14.7. The number of aliphatic hydroxyl groups is 1. The van der Waals surface area contributed by atoms with E-state index in [1.54, 1.807) is 48.2 Å². The van der Waals surface area contributed by atoms with Crippen molar-refractivity contribution in [3.8, 4) is 5.75 Å². The van der Waals surface area contributed by atoms with Crippen LogP contribution in [0.25, 0.3) is 0 Å². The Morgan fingerprint density at radius 1 is 0.951 bits per heavy atom. The molecule has 214 valence electrons. The molecule has 2 aromatic carbocycles. The summed E-state index contributed by atoms with van der Waals surface area (Å²) in [4.78, 5) is 47.8. The number of likely N-dealkylation sites (N-methyl/N-ethyl adjacent to an activating group) is 1. The van der Waals surface area contributed by atoms with Gasteiger partial charge in [0.1, 0.15) is 17.4 Å². The first kappa shape index (κ1) is 27.2. The van der Waals surface area contributed by atoms with Crippen LogP contribution >= 0.6 is 0 Å². The zero-order valence-electron chi connectivity index (χ0n) is 23.5. The molecule has 4 aliphatic heterocycles. The zero-order valence-corrected chi connectivity index (χ0v) is 23.5. The van der Waals surface area contributed by atoms with Crippen molar-refractivity contribution < 1.29 is 29.0 Å². The summed E-state index contributed by atoms with van der Waals surface area (Å²) in [5.41, 5.74) is -0.906. The van der Waals surface area contributed by atoms with Gasteiger partial charge in [-0.3, -0.25) is 14.4 Å². The fraction of sp³-hybridized carbons (Fsp3) is 0.406. The Balaban J connectivity index is 1.49. The molecule has 9 heteroatoms. The second-order valence-corrected chi connectivity index (χ2v) is 11.4. The number of hydrogen-bond donors (Lipinski definition) is 1. The molecular weight excluding hydrogens is 522 g/mol. The number of fused-ring (bicyclic) bond motifs is 2. The molecule has 6 atom stereocenters. The topological polar surface area (TPSA) is 99.6 Å². The van der Waals surface area contributed by atoms with Crippen molar-refractivity contribution in [2.75, 3.05) is 38.8 Å². The number of aliphatic hydroxyl groups excluding tert-OH is 1. The van der Waals surface area contributed by atoms with E-state index in [1.165, 1.54) is 4.90 Å². The molecular formula is C32H35N3O6. The molecule has 0 saturated carbocycles. The Hall–Kier alpha value is -3.95. The highest BCUT2D eigenvalue weighted by atomic mass is 16.5. The van der Waals surface area contributed by atoms with Crippen LogP contribution in [0.4, 0.5) is 5.69 Å². The summed E-state index contributed by atoms with van der Waals surface area (Å²) in [7, 11) is 3.29. The van der Waals surface area contributed by atoms with E-state index in [4.69, 9.17) is 9.47 Å². The molecule has 41 heavy (non-hydrogen) atoms. The first-order valence-electron chi connectivity index (χ1n) is 14.0. The van der Waals surface area contributed by atoms with Gasteiger partial charge in [-0.2, -0.15) is 0 Å². The van der Waals surface area contributed by atoms with Crippen LogP contribution in [0.5, 0.6) is 5.75 Å². The second kappa shape index (κ2) is 10.2. The number of carbonyl (C=O) groups is 3. The minimum atomic E-state index is -1.39. The maximum Gasteiger partial charge on any atom is 0.253 e. The molecule has 9 nitrogen and oxygen atoms in total. The number of hydrogen-bond acceptors (Lipinski definition) is 6. The Morgan fingerprint density at radius 2 is 1.66 bits per heavy atom. The van der Waals surface area contributed by atoms with Crippen LogP contribution in [-0.4, -0.2) is 89.8 Å². The van der Waals surface area contributed by atoms with E-state index in [2.05, 4.69) is 0 Å². The molecule has 0 radical (unpaired) electrons. The largest absolute Gasteiger partial charge is 0.497 e. The lowest BCUT2D eigenvalue weighted by Crippen LogP contribution is -2.59. The summed E-state index contributed by atoms with van der Waals surface area (Å²) >= 11 is 0. The van der Waals surface area contributed by atoms with Gasteiger partial charge in [0, 0.05) is 25.8 Å². The van der Waals surface area contributed by atoms with E-state index in [1.807, 2.05) is 61.6 Å². The lowest BCUT2D eigenvalue weighted by molar-refractivity contribution is -0.150. The molecule has 0 aromatic heterocycles. The van der Waals surface area contributed by atoms with Crippen molar-refractivity contribution in [2.24, 2.45) is 11.8 Å². The predicted octanol–water partition coefficient (Wildman–Crippen LogP) is 2.20. The van der Waals surface area contributed by atoms with E-state index in [0.717, 1.165) is 5.56 Å². The number of nitrogens with zero attached hydrogens (tertiary/aromatic N) is 3.